The quantitative estimate of drug-likeness (QED) is 0.431. The number of anilines is 1. The molecule has 2 aromatic carbocycles. The average Bonchev–Trinajstić information content (AvgIpc) is 3.32. The van der Waals surface area contributed by atoms with Gasteiger partial charge in [0.15, 0.2) is 10.7 Å². The van der Waals surface area contributed by atoms with Crippen molar-refractivity contribution < 1.29 is 17.2 Å². The summed E-state index contributed by atoms with van der Waals surface area (Å²) < 4.78 is 49.3. The van der Waals surface area contributed by atoms with Gasteiger partial charge in [-0.2, -0.15) is 0 Å². The third-order valence-electron chi connectivity index (χ3n) is 5.99. The molecule has 0 aliphatic heterocycles. The van der Waals surface area contributed by atoms with Crippen molar-refractivity contribution in [2.75, 3.05) is 4.72 Å². The summed E-state index contributed by atoms with van der Waals surface area (Å²) in [6.45, 7) is 1.86. The maximum Gasteiger partial charge on any atom is 0.420 e. The van der Waals surface area contributed by atoms with E-state index in [0.29, 0.717) is 5.92 Å². The van der Waals surface area contributed by atoms with Crippen LogP contribution >= 0.6 is 11.3 Å². The fourth-order valence-electron chi connectivity index (χ4n) is 4.17. The largest absolute Gasteiger partial charge is 0.420 e. The Balaban J connectivity index is 1.59. The molecule has 0 amide bonds. The SMILES string of the molecule is C[C@@H](c1ccccc1C1CCC1)n1c(=O)oc2cc(S(=O)(=O)Nc3nccs3)c(F)cc21. The summed E-state index contributed by atoms with van der Waals surface area (Å²) in [6.07, 6.45) is 4.82. The maximum absolute atomic E-state index is 15.0. The first-order valence-corrected chi connectivity index (χ1v) is 12.6. The molecule has 0 bridgehead atoms. The highest BCUT2D eigenvalue weighted by Crippen LogP contribution is 2.40. The Labute approximate surface area is 187 Å². The molecule has 0 radical (unpaired) electrons. The third-order valence-corrected chi connectivity index (χ3v) is 8.16. The second kappa shape index (κ2) is 7.86. The van der Waals surface area contributed by atoms with E-state index >= 15 is 0 Å². The smallest absolute Gasteiger partial charge is 0.408 e. The summed E-state index contributed by atoms with van der Waals surface area (Å²) in [6, 6.07) is 9.61. The normalized spacial score (nSPS) is 15.6. The molecule has 1 saturated carbocycles. The molecule has 166 valence electrons. The molecule has 5 rings (SSSR count). The lowest BCUT2D eigenvalue weighted by Gasteiger charge is -2.29. The standard InChI is InChI=1S/C22H20FN3O4S2/c1-13(15-7-2-3-8-16(15)14-5-4-6-14)26-18-11-17(23)20(12-19(18)30-22(26)27)32(28,29)25-21-24-9-10-31-21/h2-3,7-14H,4-6H2,1H3,(H,24,25)/t13-/m0/s1. The molecule has 2 heterocycles. The van der Waals surface area contributed by atoms with Gasteiger partial charge >= 0.3 is 5.76 Å². The van der Waals surface area contributed by atoms with Crippen LogP contribution in [0.2, 0.25) is 0 Å². The average molecular weight is 474 g/mol. The van der Waals surface area contributed by atoms with Crippen LogP contribution in [0.15, 0.2) is 62.1 Å². The number of fused-ring (bicyclic) bond motifs is 1. The number of thiazole rings is 1. The molecule has 4 aromatic rings. The van der Waals surface area contributed by atoms with Gasteiger partial charge in [-0.3, -0.25) is 9.29 Å². The molecule has 0 spiro atoms. The van der Waals surface area contributed by atoms with Crippen molar-refractivity contribution >= 4 is 37.6 Å². The van der Waals surface area contributed by atoms with Crippen molar-refractivity contribution in [3.05, 3.63) is 75.5 Å². The van der Waals surface area contributed by atoms with Crippen LogP contribution in [0.5, 0.6) is 0 Å². The van der Waals surface area contributed by atoms with Crippen LogP contribution in [0.25, 0.3) is 11.1 Å². The van der Waals surface area contributed by atoms with E-state index in [-0.39, 0.29) is 16.2 Å². The number of halogens is 1. The van der Waals surface area contributed by atoms with Gasteiger partial charge in [0.1, 0.15) is 10.7 Å². The number of nitrogens with zero attached hydrogens (tertiary/aromatic N) is 2. The molecule has 7 nitrogen and oxygen atoms in total. The van der Waals surface area contributed by atoms with Crippen molar-refractivity contribution in [2.24, 2.45) is 0 Å². The zero-order chi connectivity index (χ0) is 22.5. The number of benzene rings is 2. The summed E-state index contributed by atoms with van der Waals surface area (Å²) >= 11 is 1.07. The van der Waals surface area contributed by atoms with Crippen molar-refractivity contribution in [1.82, 2.24) is 9.55 Å². The third kappa shape index (κ3) is 3.53. The van der Waals surface area contributed by atoms with Crippen LogP contribution in [0.4, 0.5) is 9.52 Å². The number of hydrogen-bond acceptors (Lipinski definition) is 6. The van der Waals surface area contributed by atoms with Crippen molar-refractivity contribution in [3.8, 4) is 0 Å². The number of oxazole rings is 1. The Kier molecular flexibility index (Phi) is 5.13. The lowest BCUT2D eigenvalue weighted by Crippen LogP contribution is -2.22. The van der Waals surface area contributed by atoms with Crippen LogP contribution in [0, 0.1) is 5.82 Å². The molecule has 2 aromatic heterocycles. The molecule has 1 aliphatic carbocycles. The molecule has 1 N–H and O–H groups in total. The summed E-state index contributed by atoms with van der Waals surface area (Å²) in [5.74, 6) is -1.19. The fraction of sp³-hybridized carbons (Fsp3) is 0.273. The summed E-state index contributed by atoms with van der Waals surface area (Å²) in [7, 11) is -4.24. The van der Waals surface area contributed by atoms with E-state index < -0.39 is 32.5 Å². The number of hydrogen-bond donors (Lipinski definition) is 1. The van der Waals surface area contributed by atoms with Crippen LogP contribution in [0.1, 0.15) is 49.3 Å². The van der Waals surface area contributed by atoms with Gasteiger partial charge < -0.3 is 4.42 Å². The first kappa shape index (κ1) is 20.9. The zero-order valence-electron chi connectivity index (χ0n) is 17.1. The van der Waals surface area contributed by atoms with Gasteiger partial charge in [0.05, 0.1) is 11.6 Å². The van der Waals surface area contributed by atoms with Gasteiger partial charge in [0.2, 0.25) is 0 Å². The first-order valence-electron chi connectivity index (χ1n) is 10.2. The van der Waals surface area contributed by atoms with Crippen LogP contribution in [-0.4, -0.2) is 18.0 Å². The summed E-state index contributed by atoms with van der Waals surface area (Å²) in [5.41, 5.74) is 2.37. The van der Waals surface area contributed by atoms with Gasteiger partial charge in [-0.1, -0.05) is 30.7 Å². The van der Waals surface area contributed by atoms with Gasteiger partial charge in [0.25, 0.3) is 10.0 Å². The zero-order valence-corrected chi connectivity index (χ0v) is 18.7. The van der Waals surface area contributed by atoms with Gasteiger partial charge in [0, 0.05) is 23.7 Å². The van der Waals surface area contributed by atoms with E-state index in [2.05, 4.69) is 15.8 Å². The summed E-state index contributed by atoms with van der Waals surface area (Å²) in [4.78, 5) is 16.0. The predicted octanol–water partition coefficient (Wildman–Crippen LogP) is 4.87. The topological polar surface area (TPSA) is 94.2 Å². The van der Waals surface area contributed by atoms with Crippen molar-refractivity contribution in [2.45, 2.75) is 43.0 Å². The van der Waals surface area contributed by atoms with Crippen molar-refractivity contribution in [1.29, 1.82) is 0 Å². The Morgan fingerprint density at radius 1 is 1.28 bits per heavy atom. The van der Waals surface area contributed by atoms with Crippen LogP contribution < -0.4 is 10.5 Å². The van der Waals surface area contributed by atoms with Crippen LogP contribution in [0.3, 0.4) is 0 Å². The number of aromatic nitrogens is 2. The Morgan fingerprint density at radius 3 is 2.75 bits per heavy atom. The van der Waals surface area contributed by atoms with Crippen LogP contribution in [-0.2, 0) is 10.0 Å². The maximum atomic E-state index is 15.0. The molecule has 1 aliphatic rings. The predicted molar refractivity (Wildman–Crippen MR) is 120 cm³/mol. The van der Waals surface area contributed by atoms with E-state index in [1.165, 1.54) is 22.7 Å². The first-order chi connectivity index (χ1) is 15.3. The molecular weight excluding hydrogens is 453 g/mol. The summed E-state index contributed by atoms with van der Waals surface area (Å²) in [5, 5.41) is 1.71. The highest BCUT2D eigenvalue weighted by Gasteiger charge is 2.28. The minimum Gasteiger partial charge on any atom is -0.408 e. The molecule has 0 saturated heterocycles. The fourth-order valence-corrected chi connectivity index (χ4v) is 6.04. The highest BCUT2D eigenvalue weighted by molar-refractivity contribution is 7.93. The molecule has 32 heavy (non-hydrogen) atoms. The van der Waals surface area contributed by atoms with Crippen molar-refractivity contribution in [3.63, 3.8) is 0 Å². The Bertz CT molecular complexity index is 1450. The second-order valence-corrected chi connectivity index (χ2v) is 10.4. The van der Waals surface area contributed by atoms with Gasteiger partial charge in [-0.25, -0.2) is 22.6 Å². The van der Waals surface area contributed by atoms with Gasteiger partial charge in [-0.15, -0.1) is 11.3 Å². The lowest BCUT2D eigenvalue weighted by molar-refractivity contribution is 0.412. The Morgan fingerprint density at radius 2 is 2.06 bits per heavy atom. The van der Waals surface area contributed by atoms with E-state index in [4.69, 9.17) is 4.42 Å². The van der Waals surface area contributed by atoms with E-state index in [0.717, 1.165) is 41.9 Å². The molecule has 10 heteroatoms. The second-order valence-electron chi connectivity index (χ2n) is 7.86. The van der Waals surface area contributed by atoms with E-state index in [9.17, 15) is 17.6 Å². The van der Waals surface area contributed by atoms with E-state index in [1.54, 1.807) is 5.38 Å². The minimum atomic E-state index is -4.24. The number of rotatable bonds is 6. The number of sulfonamides is 1. The molecule has 1 fully saturated rings. The minimum absolute atomic E-state index is 0.00360. The monoisotopic (exact) mass is 473 g/mol. The number of nitrogens with one attached hydrogen (secondary N) is 1. The van der Waals surface area contributed by atoms with Gasteiger partial charge in [-0.05, 0) is 36.8 Å². The molecular formula is C22H20FN3O4S2. The highest BCUT2D eigenvalue weighted by atomic mass is 32.2. The molecule has 0 unspecified atom stereocenters. The molecule has 1 atom stereocenters. The Hall–Kier alpha value is -2.98. The lowest BCUT2D eigenvalue weighted by atomic mass is 9.77. The van der Waals surface area contributed by atoms with E-state index in [1.807, 2.05) is 25.1 Å².